The number of halogens is 1. The molecule has 1 aromatic carbocycles. The molecule has 0 N–H and O–H groups in total. The summed E-state index contributed by atoms with van der Waals surface area (Å²) in [6.07, 6.45) is 1.63. The fraction of sp³-hybridized carbons (Fsp3) is 0.100. The zero-order valence-electron chi connectivity index (χ0n) is 7.12. The van der Waals surface area contributed by atoms with Crippen LogP contribution in [-0.2, 0) is 0 Å². The summed E-state index contributed by atoms with van der Waals surface area (Å²) in [5.41, 5.74) is 2.93. The van der Waals surface area contributed by atoms with Gasteiger partial charge in [-0.05, 0) is 19.1 Å². The van der Waals surface area contributed by atoms with Gasteiger partial charge in [-0.15, -0.1) is 0 Å². The maximum absolute atomic E-state index is 5.77. The van der Waals surface area contributed by atoms with E-state index in [-0.39, 0.29) is 0 Å². The Morgan fingerprint density at radius 2 is 1.92 bits per heavy atom. The lowest BCUT2D eigenvalue weighted by molar-refractivity contribution is 0.421. The van der Waals surface area contributed by atoms with Gasteiger partial charge in [0.1, 0.15) is 12.0 Å². The first-order chi connectivity index (χ1) is 6.27. The Hall–Kier alpha value is -1.28. The molecule has 1 aromatic heterocycles. The summed E-state index contributed by atoms with van der Waals surface area (Å²) in [6, 6.07) is 7.52. The maximum atomic E-state index is 5.77. The molecule has 0 atom stereocenters. The van der Waals surface area contributed by atoms with Gasteiger partial charge in [0.25, 0.3) is 0 Å². The van der Waals surface area contributed by atoms with Crippen molar-refractivity contribution in [2.24, 2.45) is 0 Å². The predicted molar refractivity (Wildman–Crippen MR) is 51.7 cm³/mol. The fourth-order valence-electron chi connectivity index (χ4n) is 1.17. The zero-order chi connectivity index (χ0) is 9.26. The van der Waals surface area contributed by atoms with E-state index in [0.717, 1.165) is 21.8 Å². The Morgan fingerprint density at radius 1 is 1.23 bits per heavy atom. The van der Waals surface area contributed by atoms with Crippen LogP contribution in [0.5, 0.6) is 0 Å². The molecule has 1 heterocycles. The lowest BCUT2D eigenvalue weighted by atomic mass is 10.1. The largest absolute Gasteiger partial charge is 0.364 e. The van der Waals surface area contributed by atoms with Gasteiger partial charge < -0.3 is 4.52 Å². The normalized spacial score (nSPS) is 10.3. The predicted octanol–water partition coefficient (Wildman–Crippen LogP) is 3.30. The lowest BCUT2D eigenvalue weighted by Gasteiger charge is -1.96. The average Bonchev–Trinajstić information content (AvgIpc) is 2.53. The molecule has 13 heavy (non-hydrogen) atoms. The van der Waals surface area contributed by atoms with Gasteiger partial charge in [0.05, 0.1) is 0 Å². The van der Waals surface area contributed by atoms with Gasteiger partial charge in [-0.25, -0.2) is 0 Å². The molecule has 0 amide bonds. The van der Waals surface area contributed by atoms with E-state index < -0.39 is 0 Å². The summed E-state index contributed by atoms with van der Waals surface area (Å²) in [5, 5.41) is 4.62. The maximum Gasteiger partial charge on any atom is 0.127 e. The van der Waals surface area contributed by atoms with Crippen molar-refractivity contribution in [2.75, 3.05) is 0 Å². The summed E-state index contributed by atoms with van der Waals surface area (Å²) < 4.78 is 4.85. The molecular weight excluding hydrogens is 186 g/mol. The first-order valence-corrected chi connectivity index (χ1v) is 4.32. The number of rotatable bonds is 1. The van der Waals surface area contributed by atoms with E-state index in [1.165, 1.54) is 0 Å². The van der Waals surface area contributed by atoms with E-state index in [2.05, 4.69) is 5.16 Å². The van der Waals surface area contributed by atoms with Crippen LogP contribution in [0.2, 0.25) is 5.02 Å². The highest BCUT2D eigenvalue weighted by atomic mass is 35.5. The fourth-order valence-corrected chi connectivity index (χ4v) is 1.30. The standard InChI is InChI=1S/C10H8ClNO/c1-7-6-13-12-10(7)8-2-4-9(11)5-3-8/h2-6H,1H3. The van der Waals surface area contributed by atoms with E-state index in [1.807, 2.05) is 31.2 Å². The number of hydrogen-bond donors (Lipinski definition) is 0. The second kappa shape index (κ2) is 3.23. The van der Waals surface area contributed by atoms with E-state index in [4.69, 9.17) is 16.1 Å². The van der Waals surface area contributed by atoms with Crippen molar-refractivity contribution in [2.45, 2.75) is 6.92 Å². The smallest absolute Gasteiger partial charge is 0.127 e. The Bertz CT molecular complexity index is 405. The summed E-state index contributed by atoms with van der Waals surface area (Å²) in [6.45, 7) is 1.96. The van der Waals surface area contributed by atoms with Gasteiger partial charge in [-0.2, -0.15) is 0 Å². The van der Waals surface area contributed by atoms with Crippen molar-refractivity contribution < 1.29 is 4.52 Å². The molecule has 2 rings (SSSR count). The van der Waals surface area contributed by atoms with Crippen LogP contribution in [0.1, 0.15) is 5.56 Å². The van der Waals surface area contributed by atoms with E-state index in [0.29, 0.717) is 0 Å². The number of hydrogen-bond acceptors (Lipinski definition) is 2. The third-order valence-corrected chi connectivity index (χ3v) is 2.12. The molecule has 2 aromatic rings. The van der Waals surface area contributed by atoms with Crippen LogP contribution in [0.4, 0.5) is 0 Å². The van der Waals surface area contributed by atoms with Gasteiger partial charge in [-0.3, -0.25) is 0 Å². The molecule has 0 aliphatic heterocycles. The van der Waals surface area contributed by atoms with Crippen molar-refractivity contribution in [1.29, 1.82) is 0 Å². The van der Waals surface area contributed by atoms with E-state index >= 15 is 0 Å². The molecule has 0 radical (unpaired) electrons. The van der Waals surface area contributed by atoms with Crippen LogP contribution in [0, 0.1) is 6.92 Å². The third kappa shape index (κ3) is 1.58. The molecule has 0 saturated carbocycles. The number of nitrogens with zero attached hydrogens (tertiary/aromatic N) is 1. The van der Waals surface area contributed by atoms with Crippen LogP contribution in [0.3, 0.4) is 0 Å². The summed E-state index contributed by atoms with van der Waals surface area (Å²) in [7, 11) is 0. The molecular formula is C10H8ClNO. The number of benzene rings is 1. The Labute approximate surface area is 81.1 Å². The SMILES string of the molecule is Cc1conc1-c1ccc(Cl)cc1. The quantitative estimate of drug-likeness (QED) is 0.695. The first kappa shape index (κ1) is 8.32. The highest BCUT2D eigenvalue weighted by molar-refractivity contribution is 6.30. The van der Waals surface area contributed by atoms with Gasteiger partial charge >= 0.3 is 0 Å². The third-order valence-electron chi connectivity index (χ3n) is 1.86. The summed E-state index contributed by atoms with van der Waals surface area (Å²) in [5.74, 6) is 0. The topological polar surface area (TPSA) is 26.0 Å². The van der Waals surface area contributed by atoms with Crippen LogP contribution < -0.4 is 0 Å². The molecule has 66 valence electrons. The molecule has 2 nitrogen and oxygen atoms in total. The highest BCUT2D eigenvalue weighted by Gasteiger charge is 2.04. The van der Waals surface area contributed by atoms with Crippen LogP contribution in [0.15, 0.2) is 35.1 Å². The second-order valence-electron chi connectivity index (χ2n) is 2.85. The minimum Gasteiger partial charge on any atom is -0.364 e. The van der Waals surface area contributed by atoms with E-state index in [1.54, 1.807) is 6.26 Å². The minimum atomic E-state index is 0.727. The summed E-state index contributed by atoms with van der Waals surface area (Å²) >= 11 is 5.77. The molecule has 0 saturated heterocycles. The van der Waals surface area contributed by atoms with Crippen molar-refractivity contribution >= 4 is 11.6 Å². The highest BCUT2D eigenvalue weighted by Crippen LogP contribution is 2.22. The molecule has 0 unspecified atom stereocenters. The number of aromatic nitrogens is 1. The Kier molecular flexibility index (Phi) is 2.07. The lowest BCUT2D eigenvalue weighted by Crippen LogP contribution is -1.79. The van der Waals surface area contributed by atoms with Crippen LogP contribution in [-0.4, -0.2) is 5.16 Å². The first-order valence-electron chi connectivity index (χ1n) is 3.94. The molecule has 0 fully saturated rings. The van der Waals surface area contributed by atoms with Crippen LogP contribution in [0.25, 0.3) is 11.3 Å². The monoisotopic (exact) mass is 193 g/mol. The van der Waals surface area contributed by atoms with Crippen molar-refractivity contribution in [1.82, 2.24) is 5.16 Å². The average molecular weight is 194 g/mol. The molecule has 3 heteroatoms. The van der Waals surface area contributed by atoms with Gasteiger partial charge in [0.2, 0.25) is 0 Å². The van der Waals surface area contributed by atoms with Gasteiger partial charge in [-0.1, -0.05) is 28.9 Å². The van der Waals surface area contributed by atoms with Crippen LogP contribution >= 0.6 is 11.6 Å². The second-order valence-corrected chi connectivity index (χ2v) is 3.29. The van der Waals surface area contributed by atoms with E-state index in [9.17, 15) is 0 Å². The molecule has 0 aliphatic carbocycles. The van der Waals surface area contributed by atoms with Crippen molar-refractivity contribution in [3.8, 4) is 11.3 Å². The van der Waals surface area contributed by atoms with Crippen molar-refractivity contribution in [3.05, 3.63) is 41.1 Å². The molecule has 0 spiro atoms. The Balaban J connectivity index is 2.47. The zero-order valence-corrected chi connectivity index (χ0v) is 7.88. The molecule has 0 aliphatic rings. The van der Waals surface area contributed by atoms with Gasteiger partial charge in [0.15, 0.2) is 0 Å². The number of aryl methyl sites for hydroxylation is 1. The Morgan fingerprint density at radius 3 is 2.46 bits per heavy atom. The minimum absolute atomic E-state index is 0.727. The summed E-state index contributed by atoms with van der Waals surface area (Å²) in [4.78, 5) is 0. The van der Waals surface area contributed by atoms with Crippen molar-refractivity contribution in [3.63, 3.8) is 0 Å². The molecule has 0 bridgehead atoms. The van der Waals surface area contributed by atoms with Gasteiger partial charge in [0, 0.05) is 16.1 Å².